The first-order valence-electron chi connectivity index (χ1n) is 5.39. The quantitative estimate of drug-likeness (QED) is 0.828. The Hall–Kier alpha value is -2.22. The molecule has 1 aromatic carbocycles. The van der Waals surface area contributed by atoms with Crippen LogP contribution in [0.4, 0.5) is 0 Å². The Bertz CT molecular complexity index is 662. The molecule has 2 rings (SSSR count). The first-order chi connectivity index (χ1) is 8.97. The van der Waals surface area contributed by atoms with Gasteiger partial charge in [-0.1, -0.05) is 12.1 Å². The Kier molecular flexibility index (Phi) is 3.61. The molecule has 2 aromatic rings. The summed E-state index contributed by atoms with van der Waals surface area (Å²) in [5, 5.41) is 8.66. The second-order valence-electron chi connectivity index (χ2n) is 3.93. The van der Waals surface area contributed by atoms with E-state index >= 15 is 0 Å². The first kappa shape index (κ1) is 13.2. The number of sulfone groups is 1. The number of benzene rings is 1. The lowest BCUT2D eigenvalue weighted by molar-refractivity contribution is 0.0941. The van der Waals surface area contributed by atoms with Gasteiger partial charge in [-0.3, -0.25) is 9.89 Å². The van der Waals surface area contributed by atoms with Crippen molar-refractivity contribution in [2.45, 2.75) is 11.4 Å². The second kappa shape index (κ2) is 5.19. The van der Waals surface area contributed by atoms with Crippen molar-refractivity contribution < 1.29 is 13.2 Å². The largest absolute Gasteiger partial charge is 0.345 e. The molecule has 0 aliphatic heterocycles. The highest BCUT2D eigenvalue weighted by molar-refractivity contribution is 7.90. The lowest BCUT2D eigenvalue weighted by atomic mass is 10.2. The van der Waals surface area contributed by atoms with Gasteiger partial charge in [0.2, 0.25) is 5.82 Å². The van der Waals surface area contributed by atoms with Gasteiger partial charge in [0.05, 0.1) is 4.90 Å². The highest BCUT2D eigenvalue weighted by Crippen LogP contribution is 2.10. The predicted molar refractivity (Wildman–Crippen MR) is 67.1 cm³/mol. The van der Waals surface area contributed by atoms with Crippen molar-refractivity contribution in [2.24, 2.45) is 0 Å². The van der Waals surface area contributed by atoms with Crippen LogP contribution in [0.3, 0.4) is 0 Å². The van der Waals surface area contributed by atoms with Crippen LogP contribution in [0.5, 0.6) is 0 Å². The van der Waals surface area contributed by atoms with Crippen molar-refractivity contribution in [1.82, 2.24) is 20.5 Å². The maximum Gasteiger partial charge on any atom is 0.288 e. The summed E-state index contributed by atoms with van der Waals surface area (Å²) >= 11 is 0. The highest BCUT2D eigenvalue weighted by atomic mass is 32.2. The summed E-state index contributed by atoms with van der Waals surface area (Å²) in [5.74, 6) is -0.238. The number of amides is 1. The molecule has 0 atom stereocenters. The molecular formula is C11H12N4O3S. The fraction of sp³-hybridized carbons (Fsp3) is 0.182. The Morgan fingerprint density at radius 1 is 1.32 bits per heavy atom. The molecule has 0 unspecified atom stereocenters. The van der Waals surface area contributed by atoms with Crippen LogP contribution in [0.1, 0.15) is 16.2 Å². The van der Waals surface area contributed by atoms with Crippen molar-refractivity contribution in [3.8, 4) is 0 Å². The van der Waals surface area contributed by atoms with Gasteiger partial charge in [0.15, 0.2) is 9.84 Å². The number of hydrogen-bond donors (Lipinski definition) is 2. The number of nitrogens with zero attached hydrogens (tertiary/aromatic N) is 2. The SMILES string of the molecule is CS(=O)(=O)c1ccc(CNC(=O)c2ncn[nH]2)cc1. The molecule has 0 aliphatic rings. The molecule has 0 saturated carbocycles. The number of rotatable bonds is 4. The zero-order chi connectivity index (χ0) is 13.9. The standard InChI is InChI=1S/C11H12N4O3S/c1-19(17,18)9-4-2-8(3-5-9)6-12-11(16)10-13-7-14-15-10/h2-5,7H,6H2,1H3,(H,12,16)(H,13,14,15). The number of aromatic amines is 1. The maximum absolute atomic E-state index is 11.6. The summed E-state index contributed by atoms with van der Waals surface area (Å²) in [6.45, 7) is 0.281. The lowest BCUT2D eigenvalue weighted by Gasteiger charge is -2.04. The molecule has 0 spiro atoms. The Morgan fingerprint density at radius 2 is 2.00 bits per heavy atom. The van der Waals surface area contributed by atoms with E-state index in [1.807, 2.05) is 0 Å². The van der Waals surface area contributed by atoms with Crippen molar-refractivity contribution in [3.63, 3.8) is 0 Å². The summed E-state index contributed by atoms with van der Waals surface area (Å²) in [6, 6.07) is 6.31. The smallest absolute Gasteiger partial charge is 0.288 e. The molecule has 0 fully saturated rings. The fourth-order valence-electron chi connectivity index (χ4n) is 1.44. The maximum atomic E-state index is 11.6. The molecule has 2 N–H and O–H groups in total. The minimum atomic E-state index is -3.20. The van der Waals surface area contributed by atoms with E-state index in [2.05, 4.69) is 20.5 Å². The third kappa shape index (κ3) is 3.38. The van der Waals surface area contributed by atoms with Crippen LogP contribution >= 0.6 is 0 Å². The number of aromatic nitrogens is 3. The Balaban J connectivity index is 1.99. The summed E-state index contributed by atoms with van der Waals surface area (Å²) < 4.78 is 22.6. The van der Waals surface area contributed by atoms with E-state index < -0.39 is 9.84 Å². The van der Waals surface area contributed by atoms with Crippen LogP contribution in [-0.4, -0.2) is 35.8 Å². The monoisotopic (exact) mass is 280 g/mol. The molecule has 0 saturated heterocycles. The molecule has 7 nitrogen and oxygen atoms in total. The van der Waals surface area contributed by atoms with Crippen molar-refractivity contribution >= 4 is 15.7 Å². The van der Waals surface area contributed by atoms with Crippen molar-refractivity contribution in [3.05, 3.63) is 42.0 Å². The van der Waals surface area contributed by atoms with Gasteiger partial charge in [0.1, 0.15) is 6.33 Å². The molecular weight excluding hydrogens is 268 g/mol. The van der Waals surface area contributed by atoms with E-state index in [-0.39, 0.29) is 23.2 Å². The number of H-pyrrole nitrogens is 1. The summed E-state index contributed by atoms with van der Waals surface area (Å²) in [6.07, 6.45) is 2.39. The molecule has 100 valence electrons. The minimum absolute atomic E-state index is 0.132. The van der Waals surface area contributed by atoms with E-state index in [9.17, 15) is 13.2 Å². The van der Waals surface area contributed by atoms with Gasteiger partial charge in [0, 0.05) is 12.8 Å². The van der Waals surface area contributed by atoms with Crippen LogP contribution in [0.2, 0.25) is 0 Å². The van der Waals surface area contributed by atoms with E-state index in [0.717, 1.165) is 11.8 Å². The molecule has 8 heteroatoms. The van der Waals surface area contributed by atoms with Crippen LogP contribution in [0.25, 0.3) is 0 Å². The number of carbonyl (C=O) groups excluding carboxylic acids is 1. The van der Waals surface area contributed by atoms with Crippen molar-refractivity contribution in [1.29, 1.82) is 0 Å². The Labute approximate surface area is 110 Å². The van der Waals surface area contributed by atoms with E-state index in [4.69, 9.17) is 0 Å². The fourth-order valence-corrected chi connectivity index (χ4v) is 2.07. The zero-order valence-electron chi connectivity index (χ0n) is 10.1. The summed E-state index contributed by atoms with van der Waals surface area (Å²) in [7, 11) is -3.20. The Morgan fingerprint density at radius 3 is 2.53 bits per heavy atom. The minimum Gasteiger partial charge on any atom is -0.345 e. The molecule has 1 amide bonds. The van der Waals surface area contributed by atoms with Gasteiger partial charge in [-0.2, -0.15) is 5.10 Å². The van der Waals surface area contributed by atoms with Gasteiger partial charge in [-0.25, -0.2) is 13.4 Å². The first-order valence-corrected chi connectivity index (χ1v) is 7.28. The normalized spacial score (nSPS) is 11.2. The number of nitrogens with one attached hydrogen (secondary N) is 2. The molecule has 0 radical (unpaired) electrons. The van der Waals surface area contributed by atoms with E-state index in [0.29, 0.717) is 0 Å². The number of carbonyl (C=O) groups is 1. The van der Waals surface area contributed by atoms with Gasteiger partial charge >= 0.3 is 0 Å². The molecule has 0 aliphatic carbocycles. The third-order valence-corrected chi connectivity index (χ3v) is 3.56. The third-order valence-electron chi connectivity index (χ3n) is 2.43. The van der Waals surface area contributed by atoms with Crippen LogP contribution < -0.4 is 5.32 Å². The van der Waals surface area contributed by atoms with Crippen LogP contribution in [0, 0.1) is 0 Å². The number of hydrogen-bond acceptors (Lipinski definition) is 5. The van der Waals surface area contributed by atoms with Crippen LogP contribution in [0.15, 0.2) is 35.5 Å². The summed E-state index contributed by atoms with van der Waals surface area (Å²) in [5.41, 5.74) is 0.792. The van der Waals surface area contributed by atoms with Crippen molar-refractivity contribution in [2.75, 3.05) is 6.26 Å². The van der Waals surface area contributed by atoms with Gasteiger partial charge in [-0.15, -0.1) is 0 Å². The molecule has 0 bridgehead atoms. The average Bonchev–Trinajstić information content (AvgIpc) is 2.89. The van der Waals surface area contributed by atoms with Gasteiger partial charge < -0.3 is 5.32 Å². The van der Waals surface area contributed by atoms with E-state index in [1.54, 1.807) is 12.1 Å². The van der Waals surface area contributed by atoms with Gasteiger partial charge in [0.25, 0.3) is 5.91 Å². The summed E-state index contributed by atoms with van der Waals surface area (Å²) in [4.78, 5) is 15.5. The average molecular weight is 280 g/mol. The zero-order valence-corrected chi connectivity index (χ0v) is 10.9. The highest BCUT2D eigenvalue weighted by Gasteiger charge is 2.09. The topological polar surface area (TPSA) is 105 Å². The molecule has 19 heavy (non-hydrogen) atoms. The molecule has 1 heterocycles. The van der Waals surface area contributed by atoms with Gasteiger partial charge in [-0.05, 0) is 17.7 Å². The van der Waals surface area contributed by atoms with E-state index in [1.165, 1.54) is 18.5 Å². The lowest BCUT2D eigenvalue weighted by Crippen LogP contribution is -2.24. The van der Waals surface area contributed by atoms with Crippen LogP contribution in [-0.2, 0) is 16.4 Å². The second-order valence-corrected chi connectivity index (χ2v) is 5.95. The molecule has 1 aromatic heterocycles. The predicted octanol–water partition coefficient (Wildman–Crippen LogP) is 0.138.